The number of non-ortho nitro benzene ring substituents is 1. The summed E-state index contributed by atoms with van der Waals surface area (Å²) < 4.78 is 0. The van der Waals surface area contributed by atoms with Crippen molar-refractivity contribution >= 4 is 28.3 Å². The van der Waals surface area contributed by atoms with Gasteiger partial charge in [-0.25, -0.2) is 4.98 Å². The molecule has 0 atom stereocenters. The molecule has 2 aromatic heterocycles. The number of nitrogens with one attached hydrogen (secondary N) is 1. The van der Waals surface area contributed by atoms with Crippen molar-refractivity contribution in [2.45, 2.75) is 19.4 Å². The summed E-state index contributed by atoms with van der Waals surface area (Å²) in [6, 6.07) is 11.9. The molecule has 1 N–H and O–H groups in total. The number of nitriles is 1. The Morgan fingerprint density at radius 2 is 2.10 bits per heavy atom. The summed E-state index contributed by atoms with van der Waals surface area (Å²) in [5.41, 5.74) is 1.77. The number of fused-ring (bicyclic) bond motifs is 1. The Morgan fingerprint density at radius 1 is 1.29 bits per heavy atom. The summed E-state index contributed by atoms with van der Waals surface area (Å²) in [6.07, 6.45) is 4.79. The van der Waals surface area contributed by atoms with E-state index >= 15 is 0 Å². The Kier molecular flexibility index (Phi) is 5.71. The minimum Gasteiger partial charge on any atom is -0.357 e. The number of pyridine rings is 2. The molecule has 0 aliphatic carbocycles. The van der Waals surface area contributed by atoms with Gasteiger partial charge >= 0.3 is 0 Å². The van der Waals surface area contributed by atoms with Crippen LogP contribution in [0.5, 0.6) is 0 Å². The number of hydrogen-bond donors (Lipinski definition) is 1. The van der Waals surface area contributed by atoms with Crippen molar-refractivity contribution in [3.05, 3.63) is 70.0 Å². The van der Waals surface area contributed by atoms with Gasteiger partial charge in [0.15, 0.2) is 0 Å². The number of rotatable bonds is 5. The number of carbonyl (C=O) groups is 1. The van der Waals surface area contributed by atoms with Gasteiger partial charge in [0.2, 0.25) is 5.91 Å². The first kappa shape index (κ1) is 20.2. The molecule has 9 heteroatoms. The highest BCUT2D eigenvalue weighted by Crippen LogP contribution is 2.28. The van der Waals surface area contributed by atoms with Crippen LogP contribution in [0.4, 0.5) is 11.5 Å². The van der Waals surface area contributed by atoms with Crippen LogP contribution in [0, 0.1) is 27.4 Å². The quantitative estimate of drug-likeness (QED) is 0.501. The Labute approximate surface area is 178 Å². The van der Waals surface area contributed by atoms with E-state index in [-0.39, 0.29) is 17.5 Å². The van der Waals surface area contributed by atoms with E-state index in [2.05, 4.69) is 21.4 Å². The Hall–Kier alpha value is -4.06. The molecule has 0 radical (unpaired) electrons. The molecule has 1 saturated heterocycles. The third kappa shape index (κ3) is 4.43. The van der Waals surface area contributed by atoms with Gasteiger partial charge in [-0.1, -0.05) is 6.07 Å². The molecule has 1 fully saturated rings. The van der Waals surface area contributed by atoms with E-state index in [1.807, 2.05) is 17.0 Å². The fourth-order valence-corrected chi connectivity index (χ4v) is 3.77. The van der Waals surface area contributed by atoms with Crippen LogP contribution in [-0.2, 0) is 11.3 Å². The average molecular weight is 416 g/mol. The van der Waals surface area contributed by atoms with Gasteiger partial charge in [0.25, 0.3) is 5.69 Å². The van der Waals surface area contributed by atoms with Crippen LogP contribution in [-0.4, -0.2) is 33.9 Å². The maximum absolute atomic E-state index is 12.5. The molecule has 156 valence electrons. The summed E-state index contributed by atoms with van der Waals surface area (Å²) in [4.78, 5) is 33.7. The Balaban J connectivity index is 1.43. The lowest BCUT2D eigenvalue weighted by molar-refractivity contribution is -0.384. The highest BCUT2D eigenvalue weighted by atomic mass is 16.6. The largest absolute Gasteiger partial charge is 0.357 e. The topological polar surface area (TPSA) is 125 Å². The third-order valence-corrected chi connectivity index (χ3v) is 5.49. The molecule has 31 heavy (non-hydrogen) atoms. The van der Waals surface area contributed by atoms with E-state index in [0.717, 1.165) is 5.56 Å². The number of amides is 1. The molecular weight excluding hydrogens is 396 g/mol. The van der Waals surface area contributed by atoms with E-state index in [1.165, 1.54) is 12.1 Å². The van der Waals surface area contributed by atoms with Gasteiger partial charge in [-0.05, 0) is 36.6 Å². The molecule has 0 saturated carbocycles. The summed E-state index contributed by atoms with van der Waals surface area (Å²) in [5, 5.41) is 24.0. The minimum atomic E-state index is -0.487. The van der Waals surface area contributed by atoms with Gasteiger partial charge in [0, 0.05) is 55.5 Å². The predicted molar refractivity (Wildman–Crippen MR) is 114 cm³/mol. The molecule has 0 unspecified atom stereocenters. The number of piperidine rings is 1. The molecule has 1 aromatic carbocycles. The highest BCUT2D eigenvalue weighted by Gasteiger charge is 2.26. The van der Waals surface area contributed by atoms with Gasteiger partial charge in [-0.2, -0.15) is 5.26 Å². The van der Waals surface area contributed by atoms with E-state index in [1.54, 1.807) is 24.5 Å². The number of carbonyl (C=O) groups excluding carboxylic acids is 1. The van der Waals surface area contributed by atoms with E-state index < -0.39 is 4.92 Å². The number of nitrogens with zero attached hydrogens (tertiary/aromatic N) is 5. The van der Waals surface area contributed by atoms with Crippen LogP contribution in [0.25, 0.3) is 10.9 Å². The van der Waals surface area contributed by atoms with Crippen LogP contribution in [0.2, 0.25) is 0 Å². The van der Waals surface area contributed by atoms with Crippen molar-refractivity contribution in [3.8, 4) is 6.07 Å². The Morgan fingerprint density at radius 3 is 2.77 bits per heavy atom. The van der Waals surface area contributed by atoms with Gasteiger partial charge in [-0.15, -0.1) is 0 Å². The molecule has 0 bridgehead atoms. The lowest BCUT2D eigenvalue weighted by Gasteiger charge is -2.32. The van der Waals surface area contributed by atoms with Crippen molar-refractivity contribution in [1.29, 1.82) is 5.26 Å². The maximum atomic E-state index is 12.5. The number of aromatic nitrogens is 2. The second-order valence-electron chi connectivity index (χ2n) is 7.44. The zero-order valence-electron chi connectivity index (χ0n) is 16.7. The average Bonchev–Trinajstić information content (AvgIpc) is 2.82. The van der Waals surface area contributed by atoms with Gasteiger partial charge in [0.05, 0.1) is 22.1 Å². The van der Waals surface area contributed by atoms with Crippen LogP contribution in [0.15, 0.2) is 48.8 Å². The van der Waals surface area contributed by atoms with Gasteiger partial charge < -0.3 is 10.2 Å². The molecular formula is C22H20N6O3. The van der Waals surface area contributed by atoms with Crippen molar-refractivity contribution in [2.24, 2.45) is 5.92 Å². The molecule has 4 rings (SSSR count). The number of nitro groups is 1. The summed E-state index contributed by atoms with van der Waals surface area (Å²) in [7, 11) is 0. The van der Waals surface area contributed by atoms with Crippen LogP contribution in [0.3, 0.4) is 0 Å². The zero-order valence-corrected chi connectivity index (χ0v) is 16.7. The smallest absolute Gasteiger partial charge is 0.270 e. The number of anilines is 1. The standard InChI is InChI=1S/C22H20N6O3/c23-12-17-10-21(26-20-4-3-18(28(30)31)11-19(17)20)27-8-5-16(6-9-27)22(29)25-14-15-2-1-7-24-13-15/h1-4,7,10-11,13,16H,5-6,8-9,14H2,(H,25,29). The van der Waals surface area contributed by atoms with Gasteiger partial charge in [-0.3, -0.25) is 19.9 Å². The molecule has 9 nitrogen and oxygen atoms in total. The zero-order chi connectivity index (χ0) is 21.8. The number of hydrogen-bond acceptors (Lipinski definition) is 7. The molecule has 0 spiro atoms. The molecule has 1 amide bonds. The summed E-state index contributed by atoms with van der Waals surface area (Å²) >= 11 is 0. The van der Waals surface area contributed by atoms with Crippen molar-refractivity contribution in [1.82, 2.24) is 15.3 Å². The predicted octanol–water partition coefficient (Wildman–Crippen LogP) is 2.94. The molecule has 1 aliphatic rings. The summed E-state index contributed by atoms with van der Waals surface area (Å²) in [6.45, 7) is 1.74. The highest BCUT2D eigenvalue weighted by molar-refractivity contribution is 5.88. The Bertz CT molecular complexity index is 1170. The fourth-order valence-electron chi connectivity index (χ4n) is 3.77. The van der Waals surface area contributed by atoms with Crippen molar-refractivity contribution in [3.63, 3.8) is 0 Å². The van der Waals surface area contributed by atoms with Crippen LogP contribution >= 0.6 is 0 Å². The second kappa shape index (κ2) is 8.75. The first-order chi connectivity index (χ1) is 15.0. The minimum absolute atomic E-state index is 0.0278. The van der Waals surface area contributed by atoms with Crippen LogP contribution < -0.4 is 10.2 Å². The van der Waals surface area contributed by atoms with E-state index in [0.29, 0.717) is 54.8 Å². The molecule has 1 aliphatic heterocycles. The normalized spacial score (nSPS) is 14.2. The fraction of sp³-hybridized carbons (Fsp3) is 0.273. The SMILES string of the molecule is N#Cc1cc(N2CCC(C(=O)NCc3cccnc3)CC2)nc2ccc([N+](=O)[O-])cc12. The maximum Gasteiger partial charge on any atom is 0.270 e. The number of benzene rings is 1. The van der Waals surface area contributed by atoms with Crippen molar-refractivity contribution < 1.29 is 9.72 Å². The first-order valence-corrected chi connectivity index (χ1v) is 9.96. The lowest BCUT2D eigenvalue weighted by Crippen LogP contribution is -2.40. The first-order valence-electron chi connectivity index (χ1n) is 9.96. The molecule has 3 aromatic rings. The molecule has 3 heterocycles. The monoisotopic (exact) mass is 416 g/mol. The van der Waals surface area contributed by atoms with E-state index in [4.69, 9.17) is 0 Å². The van der Waals surface area contributed by atoms with Crippen molar-refractivity contribution in [2.75, 3.05) is 18.0 Å². The van der Waals surface area contributed by atoms with Crippen LogP contribution in [0.1, 0.15) is 24.0 Å². The summed E-state index contributed by atoms with van der Waals surface area (Å²) in [5.74, 6) is 0.596. The van der Waals surface area contributed by atoms with E-state index in [9.17, 15) is 20.2 Å². The van der Waals surface area contributed by atoms with Gasteiger partial charge in [0.1, 0.15) is 5.82 Å². The lowest BCUT2D eigenvalue weighted by atomic mass is 9.95. The third-order valence-electron chi connectivity index (χ3n) is 5.49. The number of nitro benzene ring substituents is 1. The second-order valence-corrected chi connectivity index (χ2v) is 7.44.